The molecule has 0 spiro atoms. The number of nitrogens with zero attached hydrogens (tertiary/aromatic N) is 1. The van der Waals surface area contributed by atoms with Crippen molar-refractivity contribution in [3.63, 3.8) is 0 Å². The average Bonchev–Trinajstić information content (AvgIpc) is 2.42. The summed E-state index contributed by atoms with van der Waals surface area (Å²) in [6.45, 7) is 3.23. The number of aryl methyl sites for hydroxylation is 2. The Labute approximate surface area is 139 Å². The molecular formula is C14H18N2O7S. The SMILES string of the molecule is COc1cc(C)c(S(=O)(=O)C/C(N)=N/OC(=O)CC(=O)O)c(C)c1. The molecule has 0 bridgehead atoms. The van der Waals surface area contributed by atoms with Gasteiger partial charge in [0.25, 0.3) is 0 Å². The minimum atomic E-state index is -3.84. The van der Waals surface area contributed by atoms with Gasteiger partial charge in [-0.15, -0.1) is 0 Å². The Morgan fingerprint density at radius 2 is 1.79 bits per heavy atom. The highest BCUT2D eigenvalue weighted by molar-refractivity contribution is 7.92. The van der Waals surface area contributed by atoms with E-state index >= 15 is 0 Å². The number of hydrogen-bond donors (Lipinski definition) is 2. The van der Waals surface area contributed by atoms with Crippen molar-refractivity contribution in [2.24, 2.45) is 10.9 Å². The van der Waals surface area contributed by atoms with Crippen molar-refractivity contribution in [1.82, 2.24) is 0 Å². The van der Waals surface area contributed by atoms with E-state index in [0.717, 1.165) is 0 Å². The highest BCUT2D eigenvalue weighted by atomic mass is 32.2. The number of carboxylic acids is 1. The number of benzene rings is 1. The van der Waals surface area contributed by atoms with Gasteiger partial charge in [-0.25, -0.2) is 13.2 Å². The topological polar surface area (TPSA) is 145 Å². The lowest BCUT2D eigenvalue weighted by Gasteiger charge is -2.12. The normalized spacial score (nSPS) is 11.9. The second-order valence-corrected chi connectivity index (χ2v) is 6.89. The molecule has 0 fully saturated rings. The molecule has 24 heavy (non-hydrogen) atoms. The van der Waals surface area contributed by atoms with Crippen molar-refractivity contribution in [2.45, 2.75) is 25.2 Å². The molecule has 0 aliphatic rings. The number of ether oxygens (including phenoxy) is 1. The highest BCUT2D eigenvalue weighted by Crippen LogP contribution is 2.26. The van der Waals surface area contributed by atoms with E-state index in [9.17, 15) is 18.0 Å². The Morgan fingerprint density at radius 3 is 2.25 bits per heavy atom. The van der Waals surface area contributed by atoms with E-state index in [0.29, 0.717) is 16.9 Å². The first-order chi connectivity index (χ1) is 11.1. The number of carbonyl (C=O) groups is 2. The summed E-state index contributed by atoms with van der Waals surface area (Å²) in [5, 5.41) is 11.6. The number of nitrogens with two attached hydrogens (primary N) is 1. The molecule has 0 heterocycles. The second kappa shape index (κ2) is 7.77. The number of aliphatic carboxylic acids is 1. The van der Waals surface area contributed by atoms with Crippen LogP contribution in [0.2, 0.25) is 0 Å². The molecule has 0 atom stereocenters. The van der Waals surface area contributed by atoms with E-state index in [2.05, 4.69) is 9.99 Å². The zero-order valence-corrected chi connectivity index (χ0v) is 14.2. The first kappa shape index (κ1) is 19.4. The largest absolute Gasteiger partial charge is 0.497 e. The van der Waals surface area contributed by atoms with Crippen molar-refractivity contribution >= 4 is 27.6 Å². The van der Waals surface area contributed by atoms with Crippen LogP contribution in [0.4, 0.5) is 0 Å². The zero-order chi connectivity index (χ0) is 18.5. The molecule has 1 aromatic rings. The summed E-state index contributed by atoms with van der Waals surface area (Å²) < 4.78 is 30.0. The van der Waals surface area contributed by atoms with Crippen LogP contribution in [0, 0.1) is 13.8 Å². The van der Waals surface area contributed by atoms with E-state index in [1.807, 2.05) is 0 Å². The molecule has 0 amide bonds. The first-order valence-electron chi connectivity index (χ1n) is 6.68. The van der Waals surface area contributed by atoms with Gasteiger partial charge in [-0.1, -0.05) is 5.16 Å². The summed E-state index contributed by atoms with van der Waals surface area (Å²) in [4.78, 5) is 25.7. The van der Waals surface area contributed by atoms with Crippen LogP contribution < -0.4 is 10.5 Å². The molecule has 132 valence electrons. The van der Waals surface area contributed by atoms with Crippen LogP contribution in [0.25, 0.3) is 0 Å². The molecule has 1 aromatic carbocycles. The summed E-state index contributed by atoms with van der Waals surface area (Å²) in [7, 11) is -2.37. The number of sulfone groups is 1. The first-order valence-corrected chi connectivity index (χ1v) is 8.34. The number of carboxylic acid groups (broad SMARTS) is 1. The van der Waals surface area contributed by atoms with Gasteiger partial charge in [0.05, 0.1) is 12.0 Å². The zero-order valence-electron chi connectivity index (χ0n) is 13.4. The summed E-state index contributed by atoms with van der Waals surface area (Å²) >= 11 is 0. The van der Waals surface area contributed by atoms with Crippen LogP contribution in [0.15, 0.2) is 22.2 Å². The monoisotopic (exact) mass is 358 g/mol. The van der Waals surface area contributed by atoms with Crippen LogP contribution in [-0.4, -0.2) is 44.2 Å². The van der Waals surface area contributed by atoms with Gasteiger partial charge in [-0.3, -0.25) is 4.79 Å². The Bertz CT molecular complexity index is 761. The molecule has 1 rings (SSSR count). The number of oxime groups is 1. The third-order valence-corrected chi connectivity index (χ3v) is 4.82. The summed E-state index contributed by atoms with van der Waals surface area (Å²) in [6.07, 6.45) is -0.903. The maximum absolute atomic E-state index is 12.5. The lowest BCUT2D eigenvalue weighted by molar-refractivity contribution is -0.151. The molecule has 9 nitrogen and oxygen atoms in total. The standard InChI is InChI=1S/C14H18N2O7S/c1-8-4-10(22-3)5-9(2)14(8)24(20,21)7-11(15)16-23-13(19)6-12(17)18/h4-5H,6-7H2,1-3H3,(H2,15,16)(H,17,18). The van der Waals surface area contributed by atoms with Gasteiger partial charge in [-0.2, -0.15) is 0 Å². The fourth-order valence-electron chi connectivity index (χ4n) is 2.08. The van der Waals surface area contributed by atoms with E-state index in [4.69, 9.17) is 15.6 Å². The van der Waals surface area contributed by atoms with Crippen molar-refractivity contribution < 1.29 is 32.7 Å². The Morgan fingerprint density at radius 1 is 1.25 bits per heavy atom. The third kappa shape index (κ3) is 5.23. The maximum atomic E-state index is 12.5. The van der Waals surface area contributed by atoms with Gasteiger partial charge in [0, 0.05) is 0 Å². The summed E-state index contributed by atoms with van der Waals surface area (Å²) in [6, 6.07) is 3.14. The fraction of sp³-hybridized carbons (Fsp3) is 0.357. The number of hydrogen-bond acceptors (Lipinski definition) is 7. The van der Waals surface area contributed by atoms with Gasteiger partial charge < -0.3 is 20.4 Å². The highest BCUT2D eigenvalue weighted by Gasteiger charge is 2.22. The van der Waals surface area contributed by atoms with Crippen molar-refractivity contribution in [1.29, 1.82) is 0 Å². The summed E-state index contributed by atoms with van der Waals surface area (Å²) in [5.41, 5.74) is 6.40. The van der Waals surface area contributed by atoms with Crippen LogP contribution >= 0.6 is 0 Å². The predicted octanol–water partition coefficient (Wildman–Crippen LogP) is 0.376. The number of methoxy groups -OCH3 is 1. The molecule has 0 unspecified atom stereocenters. The maximum Gasteiger partial charge on any atom is 0.346 e. The Kier molecular flexibility index (Phi) is 6.29. The van der Waals surface area contributed by atoms with E-state index in [1.165, 1.54) is 7.11 Å². The van der Waals surface area contributed by atoms with Crippen LogP contribution in [0.1, 0.15) is 17.5 Å². The average molecular weight is 358 g/mol. The van der Waals surface area contributed by atoms with Crippen LogP contribution in [0.5, 0.6) is 5.75 Å². The van der Waals surface area contributed by atoms with Gasteiger partial charge in [0.15, 0.2) is 15.7 Å². The minimum Gasteiger partial charge on any atom is -0.497 e. The molecule has 0 aromatic heterocycles. The Balaban J connectivity index is 2.98. The quantitative estimate of drug-likeness (QED) is 0.234. The lowest BCUT2D eigenvalue weighted by Crippen LogP contribution is -2.25. The van der Waals surface area contributed by atoms with Gasteiger partial charge >= 0.3 is 11.9 Å². The van der Waals surface area contributed by atoms with Crippen LogP contribution in [-0.2, 0) is 24.3 Å². The van der Waals surface area contributed by atoms with Gasteiger partial charge in [-0.05, 0) is 37.1 Å². The van der Waals surface area contributed by atoms with E-state index in [1.54, 1.807) is 26.0 Å². The molecule has 10 heteroatoms. The van der Waals surface area contributed by atoms with Gasteiger partial charge in [0.2, 0.25) is 0 Å². The third-order valence-electron chi connectivity index (χ3n) is 2.88. The number of carbonyl (C=O) groups excluding carboxylic acids is 1. The van der Waals surface area contributed by atoms with Crippen molar-refractivity contribution in [2.75, 3.05) is 12.9 Å². The second-order valence-electron chi connectivity index (χ2n) is 4.97. The van der Waals surface area contributed by atoms with E-state index < -0.39 is 39.8 Å². The number of amidine groups is 1. The number of rotatable bonds is 7. The van der Waals surface area contributed by atoms with Crippen molar-refractivity contribution in [3.8, 4) is 5.75 Å². The lowest BCUT2D eigenvalue weighted by atomic mass is 10.1. The van der Waals surface area contributed by atoms with Gasteiger partial charge in [0.1, 0.15) is 17.9 Å². The van der Waals surface area contributed by atoms with Crippen LogP contribution in [0.3, 0.4) is 0 Å². The van der Waals surface area contributed by atoms with Crippen molar-refractivity contribution in [3.05, 3.63) is 23.3 Å². The smallest absolute Gasteiger partial charge is 0.346 e. The molecule has 0 saturated carbocycles. The predicted molar refractivity (Wildman–Crippen MR) is 84.5 cm³/mol. The Hall–Kier alpha value is -2.62. The molecule has 0 saturated heterocycles. The molecule has 0 radical (unpaired) electrons. The summed E-state index contributed by atoms with van der Waals surface area (Å²) in [5.74, 6) is -3.18. The molecule has 3 N–H and O–H groups in total. The fourth-order valence-corrected chi connectivity index (χ4v) is 3.76. The minimum absolute atomic E-state index is 0.0818. The molecule has 0 aliphatic carbocycles. The molecule has 0 aliphatic heterocycles. The molecular weight excluding hydrogens is 340 g/mol. The van der Waals surface area contributed by atoms with E-state index in [-0.39, 0.29) is 4.90 Å².